The third kappa shape index (κ3) is 5.27. The fourth-order valence-corrected chi connectivity index (χ4v) is 2.37. The van der Waals surface area contributed by atoms with Crippen molar-refractivity contribution < 1.29 is 29.9 Å². The zero-order chi connectivity index (χ0) is 15.0. The van der Waals surface area contributed by atoms with Crippen LogP contribution < -0.4 is 0 Å². The van der Waals surface area contributed by atoms with Gasteiger partial charge in [-0.2, -0.15) is 0 Å². The summed E-state index contributed by atoms with van der Waals surface area (Å²) in [6.45, 7) is 2.15. The number of unbranched alkanes of at least 4 members (excludes halogenated alkanes) is 5. The van der Waals surface area contributed by atoms with E-state index >= 15 is 0 Å². The highest BCUT2D eigenvalue weighted by Crippen LogP contribution is 2.22. The van der Waals surface area contributed by atoms with Crippen molar-refractivity contribution in [1.29, 1.82) is 0 Å². The molecule has 1 saturated heterocycles. The Balaban J connectivity index is 2.25. The molecular weight excluding hydrogens is 264 g/mol. The van der Waals surface area contributed by atoms with Crippen LogP contribution in [0.3, 0.4) is 0 Å². The van der Waals surface area contributed by atoms with Crippen LogP contribution in [0.4, 0.5) is 0 Å². The molecule has 5 atom stereocenters. The maximum atomic E-state index is 9.91. The van der Waals surface area contributed by atoms with Gasteiger partial charge in [-0.1, -0.05) is 39.0 Å². The van der Waals surface area contributed by atoms with Crippen molar-refractivity contribution in [3.05, 3.63) is 0 Å². The summed E-state index contributed by atoms with van der Waals surface area (Å²) in [5, 5.41) is 38.2. The number of aliphatic hydroxyl groups is 4. The lowest BCUT2D eigenvalue weighted by Crippen LogP contribution is -2.59. The third-order valence-corrected chi connectivity index (χ3v) is 3.65. The van der Waals surface area contributed by atoms with Crippen molar-refractivity contribution in [1.82, 2.24) is 0 Å². The predicted molar refractivity (Wildman–Crippen MR) is 73.1 cm³/mol. The van der Waals surface area contributed by atoms with Gasteiger partial charge in [-0.15, -0.1) is 0 Å². The number of hydrogen-bond acceptors (Lipinski definition) is 6. The first-order chi connectivity index (χ1) is 9.61. The molecule has 6 heteroatoms. The third-order valence-electron chi connectivity index (χ3n) is 3.65. The van der Waals surface area contributed by atoms with Gasteiger partial charge in [-0.25, -0.2) is 0 Å². The lowest BCUT2D eigenvalue weighted by molar-refractivity contribution is -0.294. The highest BCUT2D eigenvalue weighted by atomic mass is 16.6. The smallest absolute Gasteiger partial charge is 0.184 e. The monoisotopic (exact) mass is 292 g/mol. The second-order valence-electron chi connectivity index (χ2n) is 5.33. The molecule has 0 aromatic carbocycles. The second-order valence-corrected chi connectivity index (χ2v) is 5.33. The molecule has 6 nitrogen and oxygen atoms in total. The van der Waals surface area contributed by atoms with Gasteiger partial charge in [0.05, 0.1) is 6.61 Å². The molecule has 1 rings (SSSR count). The van der Waals surface area contributed by atoms with E-state index in [4.69, 9.17) is 14.6 Å². The molecule has 0 amide bonds. The van der Waals surface area contributed by atoms with Gasteiger partial charge in [0.2, 0.25) is 0 Å². The van der Waals surface area contributed by atoms with Gasteiger partial charge < -0.3 is 29.9 Å². The zero-order valence-corrected chi connectivity index (χ0v) is 12.1. The van der Waals surface area contributed by atoms with E-state index in [1.807, 2.05) is 0 Å². The summed E-state index contributed by atoms with van der Waals surface area (Å²) in [7, 11) is 0. The number of aliphatic hydroxyl groups excluding tert-OH is 4. The second kappa shape index (κ2) is 9.65. The Labute approximate surface area is 120 Å². The number of ether oxygens (including phenoxy) is 2. The first-order valence-corrected chi connectivity index (χ1v) is 7.54. The molecule has 0 radical (unpaired) electrons. The van der Waals surface area contributed by atoms with E-state index in [-0.39, 0.29) is 0 Å². The fourth-order valence-electron chi connectivity index (χ4n) is 2.37. The van der Waals surface area contributed by atoms with E-state index in [1.54, 1.807) is 0 Å². The lowest BCUT2D eigenvalue weighted by atomic mass is 9.99. The molecule has 0 aromatic rings. The minimum atomic E-state index is -1.44. The van der Waals surface area contributed by atoms with Crippen molar-refractivity contribution in [3.8, 4) is 0 Å². The van der Waals surface area contributed by atoms with Gasteiger partial charge in [0, 0.05) is 6.61 Å². The van der Waals surface area contributed by atoms with E-state index in [9.17, 15) is 15.3 Å². The van der Waals surface area contributed by atoms with Crippen molar-refractivity contribution in [2.75, 3.05) is 13.2 Å². The van der Waals surface area contributed by atoms with E-state index in [0.29, 0.717) is 6.61 Å². The molecule has 0 aromatic heterocycles. The molecule has 1 aliphatic rings. The fraction of sp³-hybridized carbons (Fsp3) is 1.00. The minimum absolute atomic E-state index is 0.412. The van der Waals surface area contributed by atoms with Crippen molar-refractivity contribution in [2.45, 2.75) is 76.2 Å². The molecule has 0 aliphatic carbocycles. The Morgan fingerprint density at radius 2 is 1.60 bits per heavy atom. The van der Waals surface area contributed by atoms with Gasteiger partial charge in [0.1, 0.15) is 24.4 Å². The van der Waals surface area contributed by atoms with Crippen LogP contribution in [-0.2, 0) is 9.47 Å². The molecule has 1 aliphatic heterocycles. The normalized spacial score (nSPS) is 34.4. The summed E-state index contributed by atoms with van der Waals surface area (Å²) in [4.78, 5) is 0. The lowest BCUT2D eigenvalue weighted by Gasteiger charge is -2.39. The Hall–Kier alpha value is -0.240. The molecule has 4 N–H and O–H groups in total. The van der Waals surface area contributed by atoms with E-state index in [0.717, 1.165) is 19.3 Å². The standard InChI is InChI=1S/C14H28O6/c1-2-3-4-5-6-7-8-19-13-11(16)10(9-15)20-14(18)12(13)17/h10-18H,2-9H2,1H3/t10-,11-,12-,13+,14-/m1/s1. The summed E-state index contributed by atoms with van der Waals surface area (Å²) >= 11 is 0. The van der Waals surface area contributed by atoms with Crippen molar-refractivity contribution >= 4 is 0 Å². The molecule has 0 saturated carbocycles. The predicted octanol–water partition coefficient (Wildman–Crippen LogP) is 0.163. The van der Waals surface area contributed by atoms with Crippen LogP contribution >= 0.6 is 0 Å². The zero-order valence-electron chi connectivity index (χ0n) is 12.1. The molecule has 20 heavy (non-hydrogen) atoms. The summed E-state index contributed by atoms with van der Waals surface area (Å²) in [5.74, 6) is 0. The Bertz CT molecular complexity index is 250. The van der Waals surface area contributed by atoms with Gasteiger partial charge in [0.15, 0.2) is 6.29 Å². The van der Waals surface area contributed by atoms with E-state index in [1.165, 1.54) is 19.3 Å². The molecular formula is C14H28O6. The van der Waals surface area contributed by atoms with Crippen LogP contribution in [0.2, 0.25) is 0 Å². The first-order valence-electron chi connectivity index (χ1n) is 7.54. The Morgan fingerprint density at radius 1 is 0.950 bits per heavy atom. The maximum Gasteiger partial charge on any atom is 0.184 e. The largest absolute Gasteiger partial charge is 0.394 e. The maximum absolute atomic E-state index is 9.91. The highest BCUT2D eigenvalue weighted by Gasteiger charge is 2.44. The quantitative estimate of drug-likeness (QED) is 0.452. The molecule has 0 bridgehead atoms. The molecule has 1 heterocycles. The Kier molecular flexibility index (Phi) is 8.60. The van der Waals surface area contributed by atoms with Gasteiger partial charge in [0.25, 0.3) is 0 Å². The highest BCUT2D eigenvalue weighted by molar-refractivity contribution is 4.89. The van der Waals surface area contributed by atoms with Gasteiger partial charge in [-0.3, -0.25) is 0 Å². The van der Waals surface area contributed by atoms with Crippen LogP contribution in [0.5, 0.6) is 0 Å². The molecule has 0 spiro atoms. The molecule has 120 valence electrons. The van der Waals surface area contributed by atoms with Crippen LogP contribution in [0.15, 0.2) is 0 Å². The van der Waals surface area contributed by atoms with Crippen LogP contribution in [0.25, 0.3) is 0 Å². The molecule has 1 fully saturated rings. The van der Waals surface area contributed by atoms with E-state index < -0.39 is 37.3 Å². The topological polar surface area (TPSA) is 99.4 Å². The van der Waals surface area contributed by atoms with Gasteiger partial charge in [-0.05, 0) is 6.42 Å². The van der Waals surface area contributed by atoms with Crippen LogP contribution in [0.1, 0.15) is 45.4 Å². The van der Waals surface area contributed by atoms with Crippen molar-refractivity contribution in [2.24, 2.45) is 0 Å². The average molecular weight is 292 g/mol. The summed E-state index contributed by atoms with van der Waals surface area (Å²) < 4.78 is 10.4. The van der Waals surface area contributed by atoms with E-state index in [2.05, 4.69) is 6.92 Å². The first kappa shape index (κ1) is 17.8. The van der Waals surface area contributed by atoms with Crippen molar-refractivity contribution in [3.63, 3.8) is 0 Å². The summed E-state index contributed by atoms with van der Waals surface area (Å²) in [6.07, 6.45) is 0.968. The SMILES string of the molecule is CCCCCCCCO[C@@H]1[C@@H](O)[C@H](O)O[C@H](CO)[C@H]1O. The van der Waals surface area contributed by atoms with Crippen LogP contribution in [-0.4, -0.2) is 64.3 Å². The van der Waals surface area contributed by atoms with Gasteiger partial charge >= 0.3 is 0 Å². The minimum Gasteiger partial charge on any atom is -0.394 e. The molecule has 0 unspecified atom stereocenters. The number of hydrogen-bond donors (Lipinski definition) is 4. The summed E-state index contributed by atoms with van der Waals surface area (Å²) in [5.41, 5.74) is 0. The average Bonchev–Trinajstić information content (AvgIpc) is 2.45. The summed E-state index contributed by atoms with van der Waals surface area (Å²) in [6, 6.07) is 0. The van der Waals surface area contributed by atoms with Crippen LogP contribution in [0, 0.1) is 0 Å². The Morgan fingerprint density at radius 3 is 2.25 bits per heavy atom. The number of rotatable bonds is 9.